The highest BCUT2D eigenvalue weighted by Gasteiger charge is 2.23. The number of nitrogens with one attached hydrogen (secondary N) is 1. The molecule has 21 heavy (non-hydrogen) atoms. The third kappa shape index (κ3) is 3.48. The molecule has 0 heterocycles. The van der Waals surface area contributed by atoms with Crippen LogP contribution in [0.25, 0.3) is 0 Å². The highest BCUT2D eigenvalue weighted by molar-refractivity contribution is 9.10. The fourth-order valence-corrected chi connectivity index (χ4v) is 3.78. The van der Waals surface area contributed by atoms with Crippen molar-refractivity contribution < 1.29 is 17.2 Å². The van der Waals surface area contributed by atoms with Crippen molar-refractivity contribution in [1.82, 2.24) is 0 Å². The molecule has 0 spiro atoms. The molecule has 9 heteroatoms. The Morgan fingerprint density at radius 3 is 2.43 bits per heavy atom. The summed E-state index contributed by atoms with van der Waals surface area (Å²) in [4.78, 5) is -0.498. The second-order valence-corrected chi connectivity index (χ2v) is 7.19. The topological polar surface area (TPSA) is 46.2 Å². The van der Waals surface area contributed by atoms with Gasteiger partial charge in [0.25, 0.3) is 10.0 Å². The van der Waals surface area contributed by atoms with Crippen LogP contribution in [-0.4, -0.2) is 8.42 Å². The fraction of sp³-hybridized carbons (Fsp3) is 0. The van der Waals surface area contributed by atoms with Crippen molar-refractivity contribution in [3.63, 3.8) is 0 Å². The van der Waals surface area contributed by atoms with Crippen LogP contribution in [0, 0.1) is 11.6 Å². The van der Waals surface area contributed by atoms with E-state index in [1.807, 2.05) is 0 Å². The summed E-state index contributed by atoms with van der Waals surface area (Å²) in [5.74, 6) is -1.68. The van der Waals surface area contributed by atoms with Gasteiger partial charge in [0.2, 0.25) is 0 Å². The first-order valence-electron chi connectivity index (χ1n) is 5.34. The van der Waals surface area contributed by atoms with Crippen molar-refractivity contribution in [2.24, 2.45) is 0 Å². The lowest BCUT2D eigenvalue weighted by molar-refractivity contribution is 0.595. The van der Waals surface area contributed by atoms with Crippen LogP contribution in [0.3, 0.4) is 0 Å². The molecule has 0 atom stereocenters. The van der Waals surface area contributed by atoms with E-state index in [9.17, 15) is 17.2 Å². The first-order chi connectivity index (χ1) is 9.72. The van der Waals surface area contributed by atoms with Crippen molar-refractivity contribution in [2.45, 2.75) is 4.90 Å². The summed E-state index contributed by atoms with van der Waals surface area (Å²) in [5.41, 5.74) is -0.0403. The van der Waals surface area contributed by atoms with Gasteiger partial charge >= 0.3 is 0 Å². The second kappa shape index (κ2) is 6.08. The van der Waals surface area contributed by atoms with E-state index in [1.54, 1.807) is 0 Å². The van der Waals surface area contributed by atoms with Gasteiger partial charge in [0.05, 0.1) is 15.7 Å². The number of halogens is 5. The molecule has 3 nitrogen and oxygen atoms in total. The summed E-state index contributed by atoms with van der Waals surface area (Å²) in [5, 5.41) is -0.937. The second-order valence-electron chi connectivity index (χ2n) is 3.90. The van der Waals surface area contributed by atoms with Crippen LogP contribution in [0.15, 0.2) is 39.7 Å². The van der Waals surface area contributed by atoms with E-state index in [4.69, 9.17) is 23.2 Å². The quantitative estimate of drug-likeness (QED) is 0.728. The van der Waals surface area contributed by atoms with Gasteiger partial charge in [-0.2, -0.15) is 0 Å². The van der Waals surface area contributed by atoms with Crippen molar-refractivity contribution in [1.29, 1.82) is 0 Å². The summed E-state index contributed by atoms with van der Waals surface area (Å²) in [6.45, 7) is 0. The molecule has 0 aliphatic rings. The lowest BCUT2D eigenvalue weighted by atomic mass is 10.3. The number of rotatable bonds is 3. The number of hydrogen-bond acceptors (Lipinski definition) is 2. The molecule has 2 aromatic carbocycles. The maximum absolute atomic E-state index is 13.6. The molecule has 0 radical (unpaired) electrons. The zero-order chi connectivity index (χ0) is 15.8. The first-order valence-corrected chi connectivity index (χ1v) is 8.37. The first kappa shape index (κ1) is 16.5. The van der Waals surface area contributed by atoms with E-state index in [0.29, 0.717) is 4.47 Å². The summed E-state index contributed by atoms with van der Waals surface area (Å²) in [6, 6.07) is 5.58. The van der Waals surface area contributed by atoms with Crippen LogP contribution < -0.4 is 4.72 Å². The average molecular weight is 417 g/mol. The van der Waals surface area contributed by atoms with Crippen molar-refractivity contribution in [3.8, 4) is 0 Å². The molecule has 0 aliphatic heterocycles. The normalized spacial score (nSPS) is 11.5. The van der Waals surface area contributed by atoms with E-state index < -0.39 is 31.6 Å². The summed E-state index contributed by atoms with van der Waals surface area (Å²) in [6.07, 6.45) is 0. The van der Waals surface area contributed by atoms with Crippen molar-refractivity contribution >= 4 is 54.8 Å². The lowest BCUT2D eigenvalue weighted by Crippen LogP contribution is -2.14. The molecule has 0 aliphatic carbocycles. The monoisotopic (exact) mass is 415 g/mol. The predicted molar refractivity (Wildman–Crippen MR) is 81.3 cm³/mol. The largest absolute Gasteiger partial charge is 0.278 e. The van der Waals surface area contributed by atoms with E-state index in [2.05, 4.69) is 20.7 Å². The number of benzene rings is 2. The van der Waals surface area contributed by atoms with Gasteiger partial charge < -0.3 is 0 Å². The Labute approximate surface area is 138 Å². The molecule has 1 N–H and O–H groups in total. The van der Waals surface area contributed by atoms with Gasteiger partial charge in [0.15, 0.2) is 5.82 Å². The maximum Gasteiger partial charge on any atom is 0.263 e. The maximum atomic E-state index is 13.6. The average Bonchev–Trinajstić information content (AvgIpc) is 2.39. The predicted octanol–water partition coefficient (Wildman–Crippen LogP) is 4.83. The Morgan fingerprint density at radius 1 is 1.10 bits per heavy atom. The molecule has 0 aromatic heterocycles. The Hall–Kier alpha value is -0.890. The Balaban J connectivity index is 2.49. The Bertz CT molecular complexity index is 815. The standard InChI is InChI=1S/C12H6BrCl2F2NO2S/c13-7-2-1-6(16)5-9(7)18-21(19,20)10-4-3-8(14)12(17)11(10)15/h1-5,18H. The van der Waals surface area contributed by atoms with Gasteiger partial charge in [-0.3, -0.25) is 4.72 Å². The lowest BCUT2D eigenvalue weighted by Gasteiger charge is -2.11. The highest BCUT2D eigenvalue weighted by Crippen LogP contribution is 2.32. The zero-order valence-electron chi connectivity index (χ0n) is 10.0. The van der Waals surface area contributed by atoms with Gasteiger partial charge in [-0.1, -0.05) is 23.2 Å². The molecule has 0 amide bonds. The van der Waals surface area contributed by atoms with Gasteiger partial charge in [-0.25, -0.2) is 17.2 Å². The summed E-state index contributed by atoms with van der Waals surface area (Å²) >= 11 is 14.2. The smallest absolute Gasteiger partial charge is 0.263 e. The van der Waals surface area contributed by atoms with E-state index in [0.717, 1.165) is 24.3 Å². The number of hydrogen-bond donors (Lipinski definition) is 1. The van der Waals surface area contributed by atoms with Crippen LogP contribution >= 0.6 is 39.1 Å². The van der Waals surface area contributed by atoms with Crippen LogP contribution in [0.4, 0.5) is 14.5 Å². The molecule has 2 rings (SSSR count). The zero-order valence-corrected chi connectivity index (χ0v) is 13.9. The van der Waals surface area contributed by atoms with Crippen LogP contribution in [0.2, 0.25) is 10.0 Å². The molecular formula is C12H6BrCl2F2NO2S. The Morgan fingerprint density at radius 2 is 1.76 bits per heavy atom. The van der Waals surface area contributed by atoms with Crippen molar-refractivity contribution in [2.75, 3.05) is 4.72 Å². The van der Waals surface area contributed by atoms with E-state index in [-0.39, 0.29) is 10.7 Å². The molecule has 112 valence electrons. The minimum atomic E-state index is -4.20. The van der Waals surface area contributed by atoms with Crippen LogP contribution in [-0.2, 0) is 10.0 Å². The minimum absolute atomic E-state index is 0.0403. The van der Waals surface area contributed by atoms with E-state index in [1.165, 1.54) is 6.07 Å². The van der Waals surface area contributed by atoms with Gasteiger partial charge in [0.1, 0.15) is 10.7 Å². The van der Waals surface area contributed by atoms with Gasteiger partial charge in [0, 0.05) is 4.47 Å². The van der Waals surface area contributed by atoms with Crippen LogP contribution in [0.1, 0.15) is 0 Å². The van der Waals surface area contributed by atoms with Crippen LogP contribution in [0.5, 0.6) is 0 Å². The molecule has 0 unspecified atom stereocenters. The third-order valence-electron chi connectivity index (χ3n) is 2.46. The fourth-order valence-electron chi connectivity index (χ4n) is 1.49. The third-order valence-corrected chi connectivity index (χ3v) is 5.33. The SMILES string of the molecule is O=S(=O)(Nc1cc(F)ccc1Br)c1ccc(Cl)c(F)c1Cl. The highest BCUT2D eigenvalue weighted by atomic mass is 79.9. The Kier molecular flexibility index (Phi) is 4.77. The molecule has 0 saturated heterocycles. The molecular weight excluding hydrogens is 411 g/mol. The number of sulfonamides is 1. The van der Waals surface area contributed by atoms with Gasteiger partial charge in [-0.15, -0.1) is 0 Å². The molecule has 2 aromatic rings. The van der Waals surface area contributed by atoms with Gasteiger partial charge in [-0.05, 0) is 46.3 Å². The van der Waals surface area contributed by atoms with Crippen molar-refractivity contribution in [3.05, 3.63) is 56.5 Å². The molecule has 0 fully saturated rings. The summed E-state index contributed by atoms with van der Waals surface area (Å²) < 4.78 is 53.6. The van der Waals surface area contributed by atoms with E-state index >= 15 is 0 Å². The molecule has 0 bridgehead atoms. The number of anilines is 1. The molecule has 0 saturated carbocycles. The summed E-state index contributed by atoms with van der Waals surface area (Å²) in [7, 11) is -4.20. The minimum Gasteiger partial charge on any atom is -0.278 e.